The summed E-state index contributed by atoms with van der Waals surface area (Å²) in [5.41, 5.74) is 3.63. The van der Waals surface area contributed by atoms with Crippen molar-refractivity contribution < 1.29 is 4.79 Å². The second-order valence-electron chi connectivity index (χ2n) is 5.66. The molecule has 0 aliphatic carbocycles. The van der Waals surface area contributed by atoms with Gasteiger partial charge in [-0.2, -0.15) is 0 Å². The molecule has 110 valence electrons. The standard InChI is InChI=1S/C17H26N2O/c1-3-4-5-8-15(18-2)14-10-11-16-13(12-14)7-6-9-17(20)19-16/h10-12,15,18H,3-9H2,1-2H3,(H,19,20). The van der Waals surface area contributed by atoms with Crippen molar-refractivity contribution in [1.29, 1.82) is 0 Å². The molecule has 1 aliphatic rings. The molecule has 0 saturated heterocycles. The zero-order valence-electron chi connectivity index (χ0n) is 12.7. The number of unbranched alkanes of at least 4 members (excludes halogenated alkanes) is 2. The highest BCUT2D eigenvalue weighted by atomic mass is 16.1. The molecule has 2 rings (SSSR count). The fourth-order valence-corrected chi connectivity index (χ4v) is 2.89. The van der Waals surface area contributed by atoms with Gasteiger partial charge in [-0.3, -0.25) is 4.79 Å². The SMILES string of the molecule is CCCCCC(NC)c1ccc2c(c1)CCCC(=O)N2. The normalized spacial score (nSPS) is 16.2. The molecule has 1 aliphatic heterocycles. The van der Waals surface area contributed by atoms with Gasteiger partial charge in [0.1, 0.15) is 0 Å². The van der Waals surface area contributed by atoms with E-state index < -0.39 is 0 Å². The average Bonchev–Trinajstić information content (AvgIpc) is 2.63. The lowest BCUT2D eigenvalue weighted by atomic mass is 9.96. The summed E-state index contributed by atoms with van der Waals surface area (Å²) in [6, 6.07) is 6.91. The Kier molecular flexibility index (Phi) is 5.60. The fourth-order valence-electron chi connectivity index (χ4n) is 2.89. The van der Waals surface area contributed by atoms with Crippen LogP contribution >= 0.6 is 0 Å². The van der Waals surface area contributed by atoms with Gasteiger partial charge in [0.2, 0.25) is 5.91 Å². The zero-order valence-corrected chi connectivity index (χ0v) is 12.7. The quantitative estimate of drug-likeness (QED) is 0.775. The van der Waals surface area contributed by atoms with Gasteiger partial charge in [-0.05, 0) is 43.5 Å². The smallest absolute Gasteiger partial charge is 0.224 e. The number of amides is 1. The summed E-state index contributed by atoms with van der Waals surface area (Å²) in [6.07, 6.45) is 7.56. The Morgan fingerprint density at radius 2 is 2.15 bits per heavy atom. The van der Waals surface area contributed by atoms with Crippen molar-refractivity contribution in [2.45, 2.75) is 57.9 Å². The monoisotopic (exact) mass is 274 g/mol. The van der Waals surface area contributed by atoms with Crippen LogP contribution in [0.3, 0.4) is 0 Å². The fraction of sp³-hybridized carbons (Fsp3) is 0.588. The first-order valence-corrected chi connectivity index (χ1v) is 7.84. The maximum Gasteiger partial charge on any atom is 0.224 e. The van der Waals surface area contributed by atoms with Gasteiger partial charge in [0.15, 0.2) is 0 Å². The Hall–Kier alpha value is -1.35. The molecule has 0 aromatic heterocycles. The number of hydrogen-bond donors (Lipinski definition) is 2. The van der Waals surface area contributed by atoms with Crippen LogP contribution in [0.15, 0.2) is 18.2 Å². The predicted octanol–water partition coefficient (Wildman–Crippen LogP) is 3.80. The van der Waals surface area contributed by atoms with E-state index in [0.29, 0.717) is 12.5 Å². The molecule has 0 radical (unpaired) electrons. The lowest BCUT2D eigenvalue weighted by molar-refractivity contribution is -0.116. The largest absolute Gasteiger partial charge is 0.326 e. The number of nitrogens with one attached hydrogen (secondary N) is 2. The lowest BCUT2D eigenvalue weighted by Gasteiger charge is -2.18. The number of carbonyl (C=O) groups excluding carboxylic acids is 1. The zero-order chi connectivity index (χ0) is 14.4. The van der Waals surface area contributed by atoms with Gasteiger partial charge >= 0.3 is 0 Å². The molecule has 1 amide bonds. The Bertz CT molecular complexity index is 456. The predicted molar refractivity (Wildman–Crippen MR) is 84.0 cm³/mol. The summed E-state index contributed by atoms with van der Waals surface area (Å²) >= 11 is 0. The number of aryl methyl sites for hydroxylation is 1. The van der Waals surface area contributed by atoms with Gasteiger partial charge in [0.05, 0.1) is 0 Å². The van der Waals surface area contributed by atoms with Crippen LogP contribution in [0.25, 0.3) is 0 Å². The summed E-state index contributed by atoms with van der Waals surface area (Å²) < 4.78 is 0. The van der Waals surface area contributed by atoms with Crippen LogP contribution < -0.4 is 10.6 Å². The second-order valence-corrected chi connectivity index (χ2v) is 5.66. The van der Waals surface area contributed by atoms with E-state index in [9.17, 15) is 4.79 Å². The van der Waals surface area contributed by atoms with Crippen LogP contribution in [0.4, 0.5) is 5.69 Å². The van der Waals surface area contributed by atoms with E-state index in [-0.39, 0.29) is 5.91 Å². The Morgan fingerprint density at radius 1 is 1.30 bits per heavy atom. The highest BCUT2D eigenvalue weighted by molar-refractivity contribution is 5.92. The van der Waals surface area contributed by atoms with E-state index in [1.807, 2.05) is 7.05 Å². The van der Waals surface area contributed by atoms with Crippen molar-refractivity contribution in [2.24, 2.45) is 0 Å². The third kappa shape index (κ3) is 3.83. The first-order chi connectivity index (χ1) is 9.74. The number of rotatable bonds is 6. The van der Waals surface area contributed by atoms with Crippen LogP contribution in [0.2, 0.25) is 0 Å². The van der Waals surface area contributed by atoms with Crippen LogP contribution in [0.5, 0.6) is 0 Å². The summed E-state index contributed by atoms with van der Waals surface area (Å²) in [6.45, 7) is 2.24. The minimum atomic E-state index is 0.143. The number of hydrogen-bond acceptors (Lipinski definition) is 2. The summed E-state index contributed by atoms with van der Waals surface area (Å²) in [7, 11) is 2.03. The highest BCUT2D eigenvalue weighted by Crippen LogP contribution is 2.27. The third-order valence-electron chi connectivity index (χ3n) is 4.10. The maximum atomic E-state index is 11.6. The molecule has 1 heterocycles. The van der Waals surface area contributed by atoms with E-state index in [1.165, 1.54) is 36.8 Å². The molecule has 1 aromatic rings. The maximum absolute atomic E-state index is 11.6. The number of benzene rings is 1. The third-order valence-corrected chi connectivity index (χ3v) is 4.10. The van der Waals surface area contributed by atoms with Crippen LogP contribution in [0, 0.1) is 0 Å². The number of anilines is 1. The van der Waals surface area contributed by atoms with Crippen molar-refractivity contribution in [3.8, 4) is 0 Å². The van der Waals surface area contributed by atoms with Crippen molar-refractivity contribution in [2.75, 3.05) is 12.4 Å². The minimum absolute atomic E-state index is 0.143. The highest BCUT2D eigenvalue weighted by Gasteiger charge is 2.15. The summed E-state index contributed by atoms with van der Waals surface area (Å²) in [5, 5.41) is 6.42. The molecule has 3 heteroatoms. The van der Waals surface area contributed by atoms with E-state index >= 15 is 0 Å². The molecule has 0 spiro atoms. The molecule has 0 fully saturated rings. The minimum Gasteiger partial charge on any atom is -0.326 e. The topological polar surface area (TPSA) is 41.1 Å². The summed E-state index contributed by atoms with van der Waals surface area (Å²) in [4.78, 5) is 11.6. The van der Waals surface area contributed by atoms with Crippen LogP contribution in [0.1, 0.15) is 62.6 Å². The van der Waals surface area contributed by atoms with Gasteiger partial charge < -0.3 is 10.6 Å². The van der Waals surface area contributed by atoms with E-state index in [4.69, 9.17) is 0 Å². The van der Waals surface area contributed by atoms with Gasteiger partial charge in [0.25, 0.3) is 0 Å². The van der Waals surface area contributed by atoms with Crippen LogP contribution in [-0.2, 0) is 11.2 Å². The molecular formula is C17H26N2O. The second kappa shape index (κ2) is 7.44. The van der Waals surface area contributed by atoms with Crippen molar-refractivity contribution in [1.82, 2.24) is 5.32 Å². The Morgan fingerprint density at radius 3 is 2.90 bits per heavy atom. The van der Waals surface area contributed by atoms with Gasteiger partial charge in [0, 0.05) is 18.2 Å². The van der Waals surface area contributed by atoms with Gasteiger partial charge in [-0.15, -0.1) is 0 Å². The molecule has 0 bridgehead atoms. The van der Waals surface area contributed by atoms with Crippen molar-refractivity contribution in [3.05, 3.63) is 29.3 Å². The van der Waals surface area contributed by atoms with Crippen molar-refractivity contribution >= 4 is 11.6 Å². The first kappa shape index (κ1) is 15.0. The van der Waals surface area contributed by atoms with E-state index in [1.54, 1.807) is 0 Å². The first-order valence-electron chi connectivity index (χ1n) is 7.84. The molecule has 20 heavy (non-hydrogen) atoms. The Labute approximate surface area is 122 Å². The molecule has 3 nitrogen and oxygen atoms in total. The number of carbonyl (C=O) groups is 1. The molecule has 1 aromatic carbocycles. The van der Waals surface area contributed by atoms with E-state index in [0.717, 1.165) is 18.5 Å². The Balaban J connectivity index is 2.12. The molecule has 1 atom stereocenters. The molecule has 2 N–H and O–H groups in total. The van der Waals surface area contributed by atoms with E-state index in [2.05, 4.69) is 35.8 Å². The summed E-state index contributed by atoms with van der Waals surface area (Å²) in [5.74, 6) is 0.143. The van der Waals surface area contributed by atoms with Gasteiger partial charge in [-0.1, -0.05) is 38.3 Å². The molecular weight excluding hydrogens is 248 g/mol. The molecule has 1 unspecified atom stereocenters. The average molecular weight is 274 g/mol. The van der Waals surface area contributed by atoms with Crippen LogP contribution in [-0.4, -0.2) is 13.0 Å². The van der Waals surface area contributed by atoms with Gasteiger partial charge in [-0.25, -0.2) is 0 Å². The molecule has 0 saturated carbocycles. The number of fused-ring (bicyclic) bond motifs is 1. The van der Waals surface area contributed by atoms with Crippen molar-refractivity contribution in [3.63, 3.8) is 0 Å². The lowest BCUT2D eigenvalue weighted by Crippen LogP contribution is -2.17.